The van der Waals surface area contributed by atoms with Gasteiger partial charge in [0.15, 0.2) is 17.3 Å². The summed E-state index contributed by atoms with van der Waals surface area (Å²) in [5.74, 6) is -1.71. The molecule has 18 heteroatoms. The lowest BCUT2D eigenvalue weighted by molar-refractivity contribution is -0.127. The van der Waals surface area contributed by atoms with E-state index in [2.05, 4.69) is 45.3 Å². The monoisotopic (exact) mass is 725 g/mol. The average Bonchev–Trinajstić information content (AvgIpc) is 3.39. The van der Waals surface area contributed by atoms with E-state index in [4.69, 9.17) is 9.47 Å². The van der Waals surface area contributed by atoms with Crippen molar-refractivity contribution in [2.45, 2.75) is 51.6 Å². The minimum atomic E-state index is -4.65. The number of anilines is 2. The van der Waals surface area contributed by atoms with Crippen LogP contribution in [0.3, 0.4) is 0 Å². The fraction of sp³-hybridized carbons (Fsp3) is 0.419. The highest BCUT2D eigenvalue weighted by Crippen LogP contribution is 2.37. The molecule has 0 aliphatic rings. The van der Waals surface area contributed by atoms with E-state index in [9.17, 15) is 26.4 Å². The molecule has 0 atom stereocenters. The summed E-state index contributed by atoms with van der Waals surface area (Å²) < 4.78 is 94.3. The summed E-state index contributed by atoms with van der Waals surface area (Å²) in [5.41, 5.74) is 0.136. The van der Waals surface area contributed by atoms with E-state index in [1.807, 2.05) is 0 Å². The predicted molar refractivity (Wildman–Crippen MR) is 182 cm³/mol. The molecule has 0 saturated carbocycles. The SMILES string of the molecule is CNC(=O)c1nn(COCC[Si](C)(C)C)c2cc(-c3cc(F)c(OC)cc3CC(F)(F)F)nc(NCc3cccnc3N(C)S(C)(=O)=O)c12. The van der Waals surface area contributed by atoms with Crippen molar-refractivity contribution in [2.75, 3.05) is 43.7 Å². The first-order chi connectivity index (χ1) is 22.8. The first-order valence-electron chi connectivity index (χ1n) is 15.1. The second kappa shape index (κ2) is 14.7. The van der Waals surface area contributed by atoms with Gasteiger partial charge < -0.3 is 20.1 Å². The molecule has 3 aromatic heterocycles. The summed E-state index contributed by atoms with van der Waals surface area (Å²) in [4.78, 5) is 21.9. The number of alkyl halides is 3. The normalized spacial score (nSPS) is 12.3. The molecule has 1 amide bonds. The lowest BCUT2D eigenvalue weighted by Gasteiger charge is -2.20. The Morgan fingerprint density at radius 3 is 2.47 bits per heavy atom. The molecule has 4 rings (SSSR count). The fourth-order valence-corrected chi connectivity index (χ4v) is 6.14. The van der Waals surface area contributed by atoms with E-state index in [-0.39, 0.29) is 64.1 Å². The van der Waals surface area contributed by atoms with Gasteiger partial charge in [0.2, 0.25) is 10.0 Å². The van der Waals surface area contributed by atoms with Gasteiger partial charge in [-0.2, -0.15) is 18.3 Å². The molecule has 1 aromatic carbocycles. The van der Waals surface area contributed by atoms with Crippen LogP contribution in [0.4, 0.5) is 29.2 Å². The smallest absolute Gasteiger partial charge is 0.393 e. The third-order valence-electron chi connectivity index (χ3n) is 7.54. The highest BCUT2D eigenvalue weighted by molar-refractivity contribution is 7.92. The maximum Gasteiger partial charge on any atom is 0.393 e. The molecule has 2 N–H and O–H groups in total. The van der Waals surface area contributed by atoms with Crippen LogP contribution in [-0.2, 0) is 34.5 Å². The van der Waals surface area contributed by atoms with Gasteiger partial charge in [-0.05, 0) is 35.9 Å². The lowest BCUT2D eigenvalue weighted by Crippen LogP contribution is -2.27. The second-order valence-electron chi connectivity index (χ2n) is 12.5. The number of pyridine rings is 2. The Morgan fingerprint density at radius 2 is 1.86 bits per heavy atom. The van der Waals surface area contributed by atoms with Crippen molar-refractivity contribution in [3.8, 4) is 17.0 Å². The second-order valence-corrected chi connectivity index (χ2v) is 20.2. The van der Waals surface area contributed by atoms with Crippen LogP contribution in [0.15, 0.2) is 36.5 Å². The van der Waals surface area contributed by atoms with Crippen LogP contribution in [0, 0.1) is 5.82 Å². The number of nitrogens with zero attached hydrogens (tertiary/aromatic N) is 5. The molecule has 3 heterocycles. The lowest BCUT2D eigenvalue weighted by atomic mass is 9.99. The molecule has 4 aromatic rings. The molecular formula is C31H39F4N7O5SSi. The summed E-state index contributed by atoms with van der Waals surface area (Å²) in [7, 11) is -1.25. The standard InChI is InChI=1S/C31H39F4N7O5SSi/c1-36-30(43)27-26-24(42(40-27)18-47-11-12-49(5,6)7)15-23(21-14-22(32)25(46-3)13-20(21)16-31(33,34)35)39-28(26)38-17-19-9-8-10-37-29(19)41(2)48(4,44)45/h8-10,13-15H,11-12,16-18H2,1-7H3,(H,36,43)(H,38,39). The number of hydrogen-bond acceptors (Lipinski definition) is 9. The molecule has 0 bridgehead atoms. The van der Waals surface area contributed by atoms with Crippen molar-refractivity contribution in [3.05, 3.63) is 59.2 Å². The van der Waals surface area contributed by atoms with Crippen LogP contribution in [0.2, 0.25) is 25.7 Å². The molecule has 0 radical (unpaired) electrons. The van der Waals surface area contributed by atoms with E-state index < -0.39 is 42.4 Å². The van der Waals surface area contributed by atoms with Gasteiger partial charge in [0.1, 0.15) is 18.4 Å². The number of ether oxygens (including phenoxy) is 2. The van der Waals surface area contributed by atoms with Crippen LogP contribution >= 0.6 is 0 Å². The Kier molecular flexibility index (Phi) is 11.2. The summed E-state index contributed by atoms with van der Waals surface area (Å²) in [6, 6.07) is 7.40. The average molecular weight is 726 g/mol. The minimum Gasteiger partial charge on any atom is -0.494 e. The number of carbonyl (C=O) groups excluding carboxylic acids is 1. The van der Waals surface area contributed by atoms with Gasteiger partial charge in [-0.1, -0.05) is 25.7 Å². The number of methoxy groups -OCH3 is 1. The number of nitrogens with one attached hydrogen (secondary N) is 2. The number of rotatable bonds is 14. The third kappa shape index (κ3) is 9.24. The molecule has 0 unspecified atom stereocenters. The molecular weight excluding hydrogens is 687 g/mol. The Balaban J connectivity index is 1.95. The Hall–Kier alpha value is -4.29. The number of aromatic nitrogens is 4. The molecule has 49 heavy (non-hydrogen) atoms. The number of amides is 1. The summed E-state index contributed by atoms with van der Waals surface area (Å²) in [6.07, 6.45) is -3.60. The van der Waals surface area contributed by atoms with Gasteiger partial charge in [-0.3, -0.25) is 9.10 Å². The first-order valence-corrected chi connectivity index (χ1v) is 20.6. The highest BCUT2D eigenvalue weighted by atomic mass is 32.2. The summed E-state index contributed by atoms with van der Waals surface area (Å²) in [6.45, 7) is 6.80. The number of halogens is 4. The number of sulfonamides is 1. The van der Waals surface area contributed by atoms with Crippen LogP contribution in [-0.4, -0.2) is 82.4 Å². The maximum atomic E-state index is 15.1. The molecule has 0 aliphatic heterocycles. The Morgan fingerprint density at radius 1 is 1.14 bits per heavy atom. The molecule has 12 nitrogen and oxygen atoms in total. The van der Waals surface area contributed by atoms with Crippen molar-refractivity contribution < 1.29 is 40.2 Å². The highest BCUT2D eigenvalue weighted by Gasteiger charge is 2.31. The molecule has 0 saturated heterocycles. The Bertz CT molecular complexity index is 1950. The number of hydrogen-bond donors (Lipinski definition) is 2. The van der Waals surface area contributed by atoms with E-state index in [1.54, 1.807) is 12.1 Å². The van der Waals surface area contributed by atoms with Crippen molar-refractivity contribution in [3.63, 3.8) is 0 Å². The zero-order chi connectivity index (χ0) is 36.3. The van der Waals surface area contributed by atoms with E-state index >= 15 is 4.39 Å². The first kappa shape index (κ1) is 37.5. The maximum absolute atomic E-state index is 15.1. The largest absolute Gasteiger partial charge is 0.494 e. The molecule has 0 aliphatic carbocycles. The van der Waals surface area contributed by atoms with Crippen LogP contribution in [0.1, 0.15) is 21.6 Å². The third-order valence-corrected chi connectivity index (χ3v) is 10.4. The van der Waals surface area contributed by atoms with Gasteiger partial charge in [-0.25, -0.2) is 27.5 Å². The van der Waals surface area contributed by atoms with Crippen molar-refractivity contribution in [2.24, 2.45) is 0 Å². The van der Waals surface area contributed by atoms with Crippen LogP contribution in [0.5, 0.6) is 5.75 Å². The van der Waals surface area contributed by atoms with Gasteiger partial charge in [0, 0.05) is 52.6 Å². The van der Waals surface area contributed by atoms with Gasteiger partial charge in [0.25, 0.3) is 5.91 Å². The van der Waals surface area contributed by atoms with Crippen LogP contribution in [0.25, 0.3) is 22.2 Å². The summed E-state index contributed by atoms with van der Waals surface area (Å²) in [5, 5.41) is 10.3. The quantitative estimate of drug-likeness (QED) is 0.0990. The van der Waals surface area contributed by atoms with E-state index in [1.165, 1.54) is 31.0 Å². The number of benzene rings is 1. The van der Waals surface area contributed by atoms with Crippen molar-refractivity contribution in [1.29, 1.82) is 0 Å². The zero-order valence-electron chi connectivity index (χ0n) is 28.2. The van der Waals surface area contributed by atoms with E-state index in [0.717, 1.165) is 35.8 Å². The van der Waals surface area contributed by atoms with Crippen LogP contribution < -0.4 is 19.7 Å². The summed E-state index contributed by atoms with van der Waals surface area (Å²) >= 11 is 0. The van der Waals surface area contributed by atoms with E-state index in [0.29, 0.717) is 12.2 Å². The minimum absolute atomic E-state index is 0.0189. The Labute approximate surface area is 282 Å². The molecule has 0 spiro atoms. The van der Waals surface area contributed by atoms with Crippen molar-refractivity contribution >= 4 is 46.5 Å². The van der Waals surface area contributed by atoms with Crippen molar-refractivity contribution in [1.82, 2.24) is 25.1 Å². The predicted octanol–water partition coefficient (Wildman–Crippen LogP) is 5.43. The zero-order valence-corrected chi connectivity index (χ0v) is 30.0. The molecule has 0 fully saturated rings. The van der Waals surface area contributed by atoms with Gasteiger partial charge in [-0.15, -0.1) is 0 Å². The fourth-order valence-electron chi connectivity index (χ4n) is 4.90. The number of carbonyl (C=O) groups is 1. The van der Waals surface area contributed by atoms with Gasteiger partial charge >= 0.3 is 6.18 Å². The topological polar surface area (TPSA) is 141 Å². The molecule has 266 valence electrons. The number of fused-ring (bicyclic) bond motifs is 1. The van der Waals surface area contributed by atoms with Gasteiger partial charge in [0.05, 0.1) is 36.4 Å².